The zero-order valence-electron chi connectivity index (χ0n) is 19.6. The summed E-state index contributed by atoms with van der Waals surface area (Å²) in [5, 5.41) is 14.5. The summed E-state index contributed by atoms with van der Waals surface area (Å²) < 4.78 is 21.0. The normalized spacial score (nSPS) is 17.3. The van der Waals surface area contributed by atoms with Crippen LogP contribution in [0, 0.1) is 12.7 Å². The Morgan fingerprint density at radius 3 is 2.65 bits per heavy atom. The molecule has 0 amide bonds. The lowest BCUT2D eigenvalue weighted by Gasteiger charge is -2.37. The first kappa shape index (κ1) is 23.5. The molecule has 34 heavy (non-hydrogen) atoms. The number of hydrogen-bond donors (Lipinski definition) is 1. The standard InChI is InChI=1S/C26H29FN4O3/c1-18-15-30(17-28-18)23-11-6-19(14-25(23)33-2)13-21-5-4-12-31(26(21)29-34-3)24(16-32)20-7-9-22(27)10-8-20/h6-11,13-15,17,24,32H,4-5,12,16H2,1-3H3/b21-13+,29-26?. The molecule has 4 rings (SSSR count). The summed E-state index contributed by atoms with van der Waals surface area (Å²) in [6.45, 7) is 2.51. The zero-order valence-corrected chi connectivity index (χ0v) is 19.6. The second-order valence-electron chi connectivity index (χ2n) is 8.17. The number of aliphatic hydroxyl groups excluding tert-OH is 1. The van der Waals surface area contributed by atoms with Gasteiger partial charge in [-0.1, -0.05) is 23.4 Å². The fourth-order valence-corrected chi connectivity index (χ4v) is 4.30. The van der Waals surface area contributed by atoms with E-state index in [0.29, 0.717) is 12.4 Å². The van der Waals surface area contributed by atoms with Gasteiger partial charge >= 0.3 is 0 Å². The molecule has 1 aliphatic heterocycles. The maximum atomic E-state index is 13.5. The van der Waals surface area contributed by atoms with Crippen molar-refractivity contribution in [1.82, 2.24) is 14.5 Å². The molecule has 0 radical (unpaired) electrons. The van der Waals surface area contributed by atoms with Crippen molar-refractivity contribution in [2.45, 2.75) is 25.8 Å². The van der Waals surface area contributed by atoms with Gasteiger partial charge in [0.25, 0.3) is 0 Å². The minimum Gasteiger partial charge on any atom is -0.495 e. The Balaban J connectivity index is 1.68. The molecule has 2 heterocycles. The van der Waals surface area contributed by atoms with Gasteiger partial charge in [0.1, 0.15) is 18.7 Å². The molecule has 0 spiro atoms. The molecular weight excluding hydrogens is 435 g/mol. The molecule has 1 N–H and O–H groups in total. The molecule has 0 saturated carbocycles. The first-order valence-corrected chi connectivity index (χ1v) is 11.2. The number of likely N-dealkylation sites (tertiary alicyclic amines) is 1. The molecule has 2 aromatic carbocycles. The third-order valence-electron chi connectivity index (χ3n) is 5.92. The fraction of sp³-hybridized carbons (Fsp3) is 0.308. The van der Waals surface area contributed by atoms with Crippen LogP contribution in [0.15, 0.2) is 65.7 Å². The number of nitrogens with zero attached hydrogens (tertiary/aromatic N) is 4. The number of hydrogen-bond acceptors (Lipinski definition) is 5. The molecule has 1 saturated heterocycles. The monoisotopic (exact) mass is 464 g/mol. The zero-order chi connectivity index (χ0) is 24.1. The molecule has 1 aromatic heterocycles. The molecular formula is C26H29FN4O3. The van der Waals surface area contributed by atoms with Gasteiger partial charge in [-0.05, 0) is 66.8 Å². The number of halogens is 1. The van der Waals surface area contributed by atoms with Crippen molar-refractivity contribution in [3.8, 4) is 11.4 Å². The van der Waals surface area contributed by atoms with E-state index in [2.05, 4.69) is 16.2 Å². The van der Waals surface area contributed by atoms with E-state index in [9.17, 15) is 9.50 Å². The van der Waals surface area contributed by atoms with Crippen molar-refractivity contribution >= 4 is 11.9 Å². The number of aromatic nitrogens is 2. The van der Waals surface area contributed by atoms with Gasteiger partial charge in [0, 0.05) is 12.7 Å². The Morgan fingerprint density at radius 1 is 1.21 bits per heavy atom. The fourth-order valence-electron chi connectivity index (χ4n) is 4.30. The minimum atomic E-state index is -0.361. The minimum absolute atomic E-state index is 0.130. The number of methoxy groups -OCH3 is 1. The summed E-state index contributed by atoms with van der Waals surface area (Å²) in [6, 6.07) is 11.8. The number of aliphatic hydroxyl groups is 1. The van der Waals surface area contributed by atoms with Crippen LogP contribution in [-0.2, 0) is 4.84 Å². The molecule has 8 heteroatoms. The highest BCUT2D eigenvalue weighted by Gasteiger charge is 2.29. The molecule has 0 aliphatic carbocycles. The third kappa shape index (κ3) is 4.97. The van der Waals surface area contributed by atoms with Gasteiger partial charge < -0.3 is 24.1 Å². The van der Waals surface area contributed by atoms with Crippen molar-refractivity contribution in [3.63, 3.8) is 0 Å². The van der Waals surface area contributed by atoms with Crippen LogP contribution < -0.4 is 4.74 Å². The SMILES string of the molecule is CON=C1/C(=C/c2ccc(-n3cnc(C)c3)c(OC)c2)CCCN1C(CO)c1ccc(F)cc1. The van der Waals surface area contributed by atoms with Crippen molar-refractivity contribution in [2.75, 3.05) is 27.4 Å². The van der Waals surface area contributed by atoms with Gasteiger partial charge in [-0.3, -0.25) is 0 Å². The highest BCUT2D eigenvalue weighted by atomic mass is 19.1. The van der Waals surface area contributed by atoms with Crippen LogP contribution >= 0.6 is 0 Å². The van der Waals surface area contributed by atoms with Crippen molar-refractivity contribution in [1.29, 1.82) is 0 Å². The van der Waals surface area contributed by atoms with E-state index in [-0.39, 0.29) is 18.5 Å². The Bertz CT molecular complexity index is 1190. The maximum absolute atomic E-state index is 13.5. The van der Waals surface area contributed by atoms with Crippen LogP contribution in [0.25, 0.3) is 11.8 Å². The topological polar surface area (TPSA) is 72.1 Å². The van der Waals surface area contributed by atoms with Gasteiger partial charge in [-0.2, -0.15) is 0 Å². The maximum Gasteiger partial charge on any atom is 0.171 e. The lowest BCUT2D eigenvalue weighted by atomic mass is 9.96. The lowest BCUT2D eigenvalue weighted by Crippen LogP contribution is -2.41. The first-order chi connectivity index (χ1) is 16.5. The molecule has 178 valence electrons. The van der Waals surface area contributed by atoms with Gasteiger partial charge in [-0.15, -0.1) is 0 Å². The quantitative estimate of drug-likeness (QED) is 0.521. The number of oxime groups is 1. The highest BCUT2D eigenvalue weighted by molar-refractivity contribution is 6.02. The number of imidazole rings is 1. The summed E-state index contributed by atoms with van der Waals surface area (Å²) in [6.07, 6.45) is 7.47. The van der Waals surface area contributed by atoms with Crippen LogP contribution in [0.3, 0.4) is 0 Å². The average Bonchev–Trinajstić information content (AvgIpc) is 3.28. The lowest BCUT2D eigenvalue weighted by molar-refractivity contribution is 0.160. The van der Waals surface area contributed by atoms with Gasteiger partial charge in [-0.25, -0.2) is 9.37 Å². The Labute approximate surface area is 198 Å². The predicted octanol–water partition coefficient (Wildman–Crippen LogP) is 4.50. The van der Waals surface area contributed by atoms with Crippen molar-refractivity contribution in [2.24, 2.45) is 5.16 Å². The van der Waals surface area contributed by atoms with Crippen LogP contribution in [0.1, 0.15) is 35.7 Å². The van der Waals surface area contributed by atoms with Gasteiger partial charge in [0.2, 0.25) is 0 Å². The summed E-state index contributed by atoms with van der Waals surface area (Å²) >= 11 is 0. The second kappa shape index (κ2) is 10.5. The summed E-state index contributed by atoms with van der Waals surface area (Å²) in [7, 11) is 3.16. The van der Waals surface area contributed by atoms with E-state index in [4.69, 9.17) is 9.57 Å². The van der Waals surface area contributed by atoms with E-state index in [1.54, 1.807) is 25.6 Å². The Morgan fingerprint density at radius 2 is 2.00 bits per heavy atom. The van der Waals surface area contributed by atoms with Crippen LogP contribution in [0.5, 0.6) is 5.75 Å². The first-order valence-electron chi connectivity index (χ1n) is 11.2. The predicted molar refractivity (Wildman–Crippen MR) is 129 cm³/mol. The van der Waals surface area contributed by atoms with Gasteiger partial charge in [0.15, 0.2) is 5.84 Å². The van der Waals surface area contributed by atoms with E-state index < -0.39 is 0 Å². The van der Waals surface area contributed by atoms with Gasteiger partial charge in [0.05, 0.1) is 37.5 Å². The number of ether oxygens (including phenoxy) is 1. The highest BCUT2D eigenvalue weighted by Crippen LogP contribution is 2.31. The number of rotatable bonds is 7. The average molecular weight is 465 g/mol. The smallest absolute Gasteiger partial charge is 0.171 e. The molecule has 7 nitrogen and oxygen atoms in total. The molecule has 1 atom stereocenters. The number of amidine groups is 1. The summed E-state index contributed by atoms with van der Waals surface area (Å²) in [5.41, 5.74) is 4.59. The second-order valence-corrected chi connectivity index (χ2v) is 8.17. The largest absolute Gasteiger partial charge is 0.495 e. The number of aryl methyl sites for hydroxylation is 1. The molecule has 1 aliphatic rings. The Kier molecular flexibility index (Phi) is 7.27. The molecule has 3 aromatic rings. The van der Waals surface area contributed by atoms with Crippen LogP contribution in [0.2, 0.25) is 0 Å². The van der Waals surface area contributed by atoms with Crippen LogP contribution in [0.4, 0.5) is 4.39 Å². The summed E-state index contributed by atoms with van der Waals surface area (Å²) in [5.74, 6) is 1.07. The van der Waals surface area contributed by atoms with Crippen LogP contribution in [-0.4, -0.2) is 52.8 Å². The van der Waals surface area contributed by atoms with E-state index in [1.807, 2.05) is 40.8 Å². The molecule has 1 fully saturated rings. The third-order valence-corrected chi connectivity index (χ3v) is 5.92. The Hall–Kier alpha value is -3.65. The number of piperidine rings is 1. The van der Waals surface area contributed by atoms with Crippen molar-refractivity contribution in [3.05, 3.63) is 83.2 Å². The summed E-state index contributed by atoms with van der Waals surface area (Å²) in [4.78, 5) is 11.5. The van der Waals surface area contributed by atoms with Crippen molar-refractivity contribution < 1.29 is 19.1 Å². The van der Waals surface area contributed by atoms with E-state index >= 15 is 0 Å². The molecule has 0 bridgehead atoms. The molecule has 1 unspecified atom stereocenters. The number of benzene rings is 2. The van der Waals surface area contributed by atoms with E-state index in [1.165, 1.54) is 19.2 Å². The van der Waals surface area contributed by atoms with E-state index in [0.717, 1.165) is 46.7 Å².